The Morgan fingerprint density at radius 3 is 2.85 bits per heavy atom. The summed E-state index contributed by atoms with van der Waals surface area (Å²) in [6.45, 7) is 0. The molecule has 1 N–H and O–H groups in total. The minimum absolute atomic E-state index is 0.522. The van der Waals surface area contributed by atoms with Crippen LogP contribution in [0.3, 0.4) is 0 Å². The largest absolute Gasteiger partial charge is 0.496 e. The molecule has 0 bridgehead atoms. The highest BCUT2D eigenvalue weighted by Gasteiger charge is 2.22. The third-order valence-electron chi connectivity index (χ3n) is 3.75. The highest BCUT2D eigenvalue weighted by molar-refractivity contribution is 7.71. The van der Waals surface area contributed by atoms with Crippen molar-refractivity contribution in [3.05, 3.63) is 45.7 Å². The molecule has 0 saturated carbocycles. The fourth-order valence-corrected chi connectivity index (χ4v) is 3.15. The number of hydrogen-bond donors (Lipinski definition) is 1. The van der Waals surface area contributed by atoms with Crippen LogP contribution in [0.5, 0.6) is 5.75 Å². The van der Waals surface area contributed by atoms with Crippen molar-refractivity contribution in [1.29, 1.82) is 5.26 Å². The number of methoxy groups -OCH3 is 1. The molecule has 1 aromatic heterocycles. The Balaban J connectivity index is 2.39. The van der Waals surface area contributed by atoms with E-state index in [1.165, 1.54) is 5.56 Å². The number of H-pyrrole nitrogens is 1. The number of para-hydroxylation sites is 1. The summed E-state index contributed by atoms with van der Waals surface area (Å²) in [6, 6.07) is 10.0. The Morgan fingerprint density at radius 2 is 2.10 bits per heavy atom. The first-order valence-electron chi connectivity index (χ1n) is 6.57. The Bertz CT molecular complexity index is 771. The summed E-state index contributed by atoms with van der Waals surface area (Å²) in [5.41, 5.74) is 4.81. The monoisotopic (exact) mass is 282 g/mol. The fraction of sp³-hybridized carbons (Fsp3) is 0.250. The predicted molar refractivity (Wildman–Crippen MR) is 80.4 cm³/mol. The predicted octanol–water partition coefficient (Wildman–Crippen LogP) is 3.78. The number of nitrogens with zero attached hydrogens (tertiary/aromatic N) is 1. The summed E-state index contributed by atoms with van der Waals surface area (Å²) < 4.78 is 5.97. The first kappa shape index (κ1) is 12.9. The van der Waals surface area contributed by atoms with Gasteiger partial charge in [-0.1, -0.05) is 30.4 Å². The lowest BCUT2D eigenvalue weighted by molar-refractivity contribution is 0.416. The van der Waals surface area contributed by atoms with Crippen molar-refractivity contribution in [1.82, 2.24) is 4.98 Å². The van der Waals surface area contributed by atoms with Crippen LogP contribution in [0.4, 0.5) is 0 Å². The van der Waals surface area contributed by atoms with Gasteiger partial charge in [0.1, 0.15) is 16.5 Å². The number of aromatic nitrogens is 1. The molecule has 0 radical (unpaired) electrons. The zero-order valence-corrected chi connectivity index (χ0v) is 12.0. The van der Waals surface area contributed by atoms with E-state index < -0.39 is 0 Å². The van der Waals surface area contributed by atoms with E-state index in [4.69, 9.17) is 17.0 Å². The topological polar surface area (TPSA) is 48.8 Å². The molecule has 1 heterocycles. The summed E-state index contributed by atoms with van der Waals surface area (Å²) in [5, 5.41) is 9.48. The first-order valence-corrected chi connectivity index (χ1v) is 6.98. The van der Waals surface area contributed by atoms with Crippen LogP contribution >= 0.6 is 12.2 Å². The highest BCUT2D eigenvalue weighted by Crippen LogP contribution is 2.38. The average Bonchev–Trinajstić information content (AvgIpc) is 2.93. The maximum atomic E-state index is 9.48. The van der Waals surface area contributed by atoms with E-state index in [-0.39, 0.29) is 0 Å². The number of aromatic amines is 1. The summed E-state index contributed by atoms with van der Waals surface area (Å²) in [4.78, 5) is 3.21. The van der Waals surface area contributed by atoms with E-state index in [1.54, 1.807) is 7.11 Å². The van der Waals surface area contributed by atoms with Crippen molar-refractivity contribution < 1.29 is 4.74 Å². The van der Waals surface area contributed by atoms with E-state index in [0.717, 1.165) is 41.8 Å². The number of nitrogens with one attached hydrogen (secondary N) is 1. The average molecular weight is 282 g/mol. The Labute approximate surface area is 122 Å². The van der Waals surface area contributed by atoms with Gasteiger partial charge in [-0.25, -0.2) is 0 Å². The fourth-order valence-electron chi connectivity index (χ4n) is 2.88. The van der Waals surface area contributed by atoms with Crippen LogP contribution in [0.25, 0.3) is 11.1 Å². The molecule has 1 aliphatic rings. The molecule has 0 spiro atoms. The van der Waals surface area contributed by atoms with Crippen molar-refractivity contribution in [2.24, 2.45) is 0 Å². The third-order valence-corrected chi connectivity index (χ3v) is 4.06. The maximum Gasteiger partial charge on any atom is 0.126 e. The van der Waals surface area contributed by atoms with Crippen molar-refractivity contribution >= 4 is 12.2 Å². The molecular weight excluding hydrogens is 268 g/mol. The molecule has 100 valence electrons. The van der Waals surface area contributed by atoms with Crippen LogP contribution in [0, 0.1) is 16.0 Å². The van der Waals surface area contributed by atoms with Gasteiger partial charge in [-0.2, -0.15) is 5.26 Å². The SMILES string of the molecule is COc1ccccc1-c1c2c([nH]c(=S)c1C#N)CCC2. The van der Waals surface area contributed by atoms with E-state index >= 15 is 0 Å². The molecule has 4 heteroatoms. The molecule has 20 heavy (non-hydrogen) atoms. The van der Waals surface area contributed by atoms with E-state index in [0.29, 0.717) is 10.2 Å². The lowest BCUT2D eigenvalue weighted by Crippen LogP contribution is -1.99. The molecule has 0 saturated heterocycles. The lowest BCUT2D eigenvalue weighted by atomic mass is 9.95. The van der Waals surface area contributed by atoms with Gasteiger partial charge in [-0.15, -0.1) is 0 Å². The number of nitriles is 1. The molecular formula is C16H14N2OS. The minimum Gasteiger partial charge on any atom is -0.496 e. The Hall–Kier alpha value is -2.12. The number of rotatable bonds is 2. The molecule has 0 unspecified atom stereocenters. The molecule has 0 fully saturated rings. The van der Waals surface area contributed by atoms with Crippen LogP contribution < -0.4 is 4.74 Å². The normalized spacial score (nSPS) is 12.8. The van der Waals surface area contributed by atoms with Crippen LogP contribution in [0.2, 0.25) is 0 Å². The van der Waals surface area contributed by atoms with Gasteiger partial charge >= 0.3 is 0 Å². The van der Waals surface area contributed by atoms with Gasteiger partial charge in [0.25, 0.3) is 0 Å². The van der Waals surface area contributed by atoms with Crippen molar-refractivity contribution in [3.63, 3.8) is 0 Å². The van der Waals surface area contributed by atoms with Crippen LogP contribution in [0.15, 0.2) is 24.3 Å². The van der Waals surface area contributed by atoms with Crippen molar-refractivity contribution in [3.8, 4) is 22.9 Å². The van der Waals surface area contributed by atoms with Crippen molar-refractivity contribution in [2.75, 3.05) is 7.11 Å². The zero-order chi connectivity index (χ0) is 14.1. The van der Waals surface area contributed by atoms with Crippen LogP contribution in [-0.4, -0.2) is 12.1 Å². The number of hydrogen-bond acceptors (Lipinski definition) is 3. The van der Waals surface area contributed by atoms with Gasteiger partial charge in [-0.05, 0) is 30.9 Å². The molecule has 3 nitrogen and oxygen atoms in total. The summed E-state index contributed by atoms with van der Waals surface area (Å²) in [7, 11) is 1.65. The number of benzene rings is 1. The molecule has 0 atom stereocenters. The van der Waals surface area contributed by atoms with E-state index in [1.807, 2.05) is 24.3 Å². The van der Waals surface area contributed by atoms with Gasteiger partial charge < -0.3 is 9.72 Å². The number of pyridine rings is 1. The van der Waals surface area contributed by atoms with Gasteiger partial charge in [0.05, 0.1) is 12.7 Å². The summed E-state index contributed by atoms with van der Waals surface area (Å²) >= 11 is 5.34. The second-order valence-corrected chi connectivity index (χ2v) is 5.24. The molecule has 1 aliphatic carbocycles. The van der Waals surface area contributed by atoms with Gasteiger partial charge in [0, 0.05) is 16.8 Å². The molecule has 3 rings (SSSR count). The second-order valence-electron chi connectivity index (χ2n) is 4.83. The number of aryl methyl sites for hydroxylation is 1. The summed E-state index contributed by atoms with van der Waals surface area (Å²) in [5.74, 6) is 0.777. The second kappa shape index (κ2) is 5.10. The van der Waals surface area contributed by atoms with Gasteiger partial charge in [-0.3, -0.25) is 0 Å². The zero-order valence-electron chi connectivity index (χ0n) is 11.2. The molecule has 1 aromatic carbocycles. The van der Waals surface area contributed by atoms with Gasteiger partial charge in [0.15, 0.2) is 0 Å². The van der Waals surface area contributed by atoms with E-state index in [2.05, 4.69) is 11.1 Å². The van der Waals surface area contributed by atoms with Gasteiger partial charge in [0.2, 0.25) is 0 Å². The minimum atomic E-state index is 0.522. The Morgan fingerprint density at radius 1 is 1.30 bits per heavy atom. The van der Waals surface area contributed by atoms with Crippen LogP contribution in [-0.2, 0) is 12.8 Å². The number of ether oxygens (including phenoxy) is 1. The Kier molecular flexibility index (Phi) is 3.29. The molecule has 0 aliphatic heterocycles. The first-order chi connectivity index (χ1) is 9.76. The molecule has 2 aromatic rings. The lowest BCUT2D eigenvalue weighted by Gasteiger charge is -2.14. The third kappa shape index (κ3) is 1.91. The standard InChI is InChI=1S/C16H14N2OS/c1-19-14-8-3-2-5-11(14)15-10-6-4-7-13(10)18-16(20)12(15)9-17/h2-3,5,8H,4,6-7H2,1H3,(H,18,20). The maximum absolute atomic E-state index is 9.48. The van der Waals surface area contributed by atoms with Crippen LogP contribution in [0.1, 0.15) is 23.2 Å². The van der Waals surface area contributed by atoms with Crippen molar-refractivity contribution in [2.45, 2.75) is 19.3 Å². The quantitative estimate of drug-likeness (QED) is 0.853. The van der Waals surface area contributed by atoms with E-state index in [9.17, 15) is 5.26 Å². The molecule has 0 amide bonds. The number of fused-ring (bicyclic) bond motifs is 1. The summed E-state index contributed by atoms with van der Waals surface area (Å²) in [6.07, 6.45) is 3.06. The highest BCUT2D eigenvalue weighted by atomic mass is 32.1. The smallest absolute Gasteiger partial charge is 0.126 e.